The van der Waals surface area contributed by atoms with Crippen molar-refractivity contribution in [1.82, 2.24) is 0 Å². The van der Waals surface area contributed by atoms with E-state index in [0.717, 1.165) is 0 Å². The molecule has 0 aromatic carbocycles. The van der Waals surface area contributed by atoms with Gasteiger partial charge in [-0.3, -0.25) is 4.89 Å². The third-order valence-corrected chi connectivity index (χ3v) is 4.40. The molecule has 5 unspecified atom stereocenters. The molecule has 2 aliphatic rings. The third kappa shape index (κ3) is 2.50. The summed E-state index contributed by atoms with van der Waals surface area (Å²) in [4.78, 5) is 10.2. The molecule has 0 N–H and O–H groups in total. The van der Waals surface area contributed by atoms with Crippen LogP contribution in [0.25, 0.3) is 0 Å². The van der Waals surface area contributed by atoms with E-state index in [0.29, 0.717) is 23.7 Å². The Labute approximate surface area is 104 Å². The highest BCUT2D eigenvalue weighted by atomic mass is 17.2. The summed E-state index contributed by atoms with van der Waals surface area (Å²) in [6.07, 6.45) is 13.4. The summed E-state index contributed by atoms with van der Waals surface area (Å²) in [5.74, 6) is 2.37. The standard InChI is InChI=1S/C15H22O2/c1-5-16-17-15-11(3)6-7-13-9-10(2)8-12(4)14(13)15/h1,9,11-15H,6-8H2,2-4H3. The van der Waals surface area contributed by atoms with Crippen molar-refractivity contribution in [2.75, 3.05) is 0 Å². The Bertz CT molecular complexity index is 339. The number of hydrogen-bond acceptors (Lipinski definition) is 2. The highest BCUT2D eigenvalue weighted by molar-refractivity contribution is 5.12. The number of fused-ring (bicyclic) bond motifs is 1. The summed E-state index contributed by atoms with van der Waals surface area (Å²) in [5.41, 5.74) is 1.52. The monoisotopic (exact) mass is 234 g/mol. The van der Waals surface area contributed by atoms with Gasteiger partial charge < -0.3 is 0 Å². The summed E-state index contributed by atoms with van der Waals surface area (Å²) in [6, 6.07) is 0. The van der Waals surface area contributed by atoms with Crippen LogP contribution < -0.4 is 0 Å². The van der Waals surface area contributed by atoms with Gasteiger partial charge >= 0.3 is 0 Å². The highest BCUT2D eigenvalue weighted by Crippen LogP contribution is 2.45. The van der Waals surface area contributed by atoms with Gasteiger partial charge in [-0.25, -0.2) is 0 Å². The maximum Gasteiger partial charge on any atom is 0.153 e. The number of allylic oxidation sites excluding steroid dienone is 2. The Morgan fingerprint density at radius 2 is 2.06 bits per heavy atom. The van der Waals surface area contributed by atoms with E-state index in [1.54, 1.807) is 0 Å². The lowest BCUT2D eigenvalue weighted by Crippen LogP contribution is -2.44. The van der Waals surface area contributed by atoms with Crippen molar-refractivity contribution >= 4 is 0 Å². The van der Waals surface area contributed by atoms with Gasteiger partial charge in [0, 0.05) is 0 Å². The lowest BCUT2D eigenvalue weighted by Gasteiger charge is -2.44. The van der Waals surface area contributed by atoms with Gasteiger partial charge in [-0.1, -0.05) is 31.9 Å². The minimum Gasteiger partial charge on any atom is -0.282 e. The molecule has 17 heavy (non-hydrogen) atoms. The molecule has 1 fully saturated rings. The molecule has 2 heteroatoms. The molecular weight excluding hydrogens is 212 g/mol. The molecular formula is C15H22O2. The summed E-state index contributed by atoms with van der Waals surface area (Å²) < 4.78 is 0. The molecule has 0 aromatic heterocycles. The minimum absolute atomic E-state index is 0.143. The average Bonchev–Trinajstić information content (AvgIpc) is 2.28. The van der Waals surface area contributed by atoms with E-state index in [2.05, 4.69) is 33.0 Å². The van der Waals surface area contributed by atoms with E-state index in [1.807, 2.05) is 0 Å². The van der Waals surface area contributed by atoms with Crippen LogP contribution in [0.4, 0.5) is 0 Å². The first-order valence-corrected chi connectivity index (χ1v) is 6.58. The third-order valence-electron chi connectivity index (χ3n) is 4.40. The Morgan fingerprint density at radius 1 is 1.29 bits per heavy atom. The number of rotatable bonds is 2. The molecule has 0 amide bonds. The van der Waals surface area contributed by atoms with Crippen LogP contribution in [0.15, 0.2) is 11.6 Å². The quantitative estimate of drug-likeness (QED) is 0.315. The Balaban J connectivity index is 2.16. The largest absolute Gasteiger partial charge is 0.282 e. The van der Waals surface area contributed by atoms with E-state index in [1.165, 1.54) is 24.8 Å². The second-order valence-electron chi connectivity index (χ2n) is 5.75. The average molecular weight is 234 g/mol. The van der Waals surface area contributed by atoms with Crippen LogP contribution in [-0.4, -0.2) is 6.10 Å². The van der Waals surface area contributed by atoms with Crippen LogP contribution in [0.1, 0.15) is 40.0 Å². The van der Waals surface area contributed by atoms with Crippen molar-refractivity contribution in [2.45, 2.75) is 46.1 Å². The molecule has 0 aromatic rings. The van der Waals surface area contributed by atoms with Crippen molar-refractivity contribution in [3.8, 4) is 12.5 Å². The fourth-order valence-corrected chi connectivity index (χ4v) is 3.70. The van der Waals surface area contributed by atoms with Crippen molar-refractivity contribution in [3.05, 3.63) is 11.6 Å². The topological polar surface area (TPSA) is 18.5 Å². The van der Waals surface area contributed by atoms with Gasteiger partial charge in [0.25, 0.3) is 0 Å². The van der Waals surface area contributed by atoms with E-state index in [4.69, 9.17) is 16.2 Å². The first-order valence-electron chi connectivity index (χ1n) is 6.58. The fraction of sp³-hybridized carbons (Fsp3) is 0.733. The van der Waals surface area contributed by atoms with Crippen LogP contribution >= 0.6 is 0 Å². The van der Waals surface area contributed by atoms with E-state index in [-0.39, 0.29) is 6.10 Å². The van der Waals surface area contributed by atoms with Crippen molar-refractivity contribution < 1.29 is 9.78 Å². The molecule has 0 spiro atoms. The second-order valence-corrected chi connectivity index (χ2v) is 5.75. The molecule has 0 bridgehead atoms. The lowest BCUT2D eigenvalue weighted by molar-refractivity contribution is -0.307. The van der Waals surface area contributed by atoms with Crippen LogP contribution in [0.5, 0.6) is 0 Å². The van der Waals surface area contributed by atoms with Gasteiger partial charge in [0.05, 0.1) is 0 Å². The van der Waals surface area contributed by atoms with Gasteiger partial charge in [0.1, 0.15) is 6.10 Å². The molecule has 2 aliphatic carbocycles. The van der Waals surface area contributed by atoms with Crippen LogP contribution in [0, 0.1) is 36.2 Å². The lowest BCUT2D eigenvalue weighted by atomic mass is 9.63. The van der Waals surface area contributed by atoms with Crippen LogP contribution in [0.2, 0.25) is 0 Å². The number of terminal acetylenes is 1. The zero-order valence-corrected chi connectivity index (χ0v) is 11.0. The van der Waals surface area contributed by atoms with E-state index >= 15 is 0 Å². The van der Waals surface area contributed by atoms with Crippen molar-refractivity contribution in [1.29, 1.82) is 0 Å². The molecule has 5 atom stereocenters. The van der Waals surface area contributed by atoms with E-state index in [9.17, 15) is 0 Å². The highest BCUT2D eigenvalue weighted by Gasteiger charge is 2.43. The zero-order valence-electron chi connectivity index (χ0n) is 11.0. The Kier molecular flexibility index (Phi) is 3.79. The summed E-state index contributed by atoms with van der Waals surface area (Å²) >= 11 is 0. The minimum atomic E-state index is 0.143. The molecule has 1 saturated carbocycles. The van der Waals surface area contributed by atoms with Crippen LogP contribution in [0.3, 0.4) is 0 Å². The van der Waals surface area contributed by atoms with Gasteiger partial charge in [-0.05, 0) is 49.9 Å². The molecule has 2 nitrogen and oxygen atoms in total. The maximum absolute atomic E-state index is 5.45. The van der Waals surface area contributed by atoms with Gasteiger partial charge in [-0.15, -0.1) is 0 Å². The Morgan fingerprint density at radius 3 is 2.76 bits per heavy atom. The number of hydrogen-bond donors (Lipinski definition) is 0. The molecule has 2 rings (SSSR count). The van der Waals surface area contributed by atoms with E-state index < -0.39 is 0 Å². The first kappa shape index (κ1) is 12.5. The van der Waals surface area contributed by atoms with Crippen LogP contribution in [-0.2, 0) is 9.78 Å². The maximum atomic E-state index is 5.45. The normalized spacial score (nSPS) is 41.1. The summed E-state index contributed by atoms with van der Waals surface area (Å²) in [6.45, 7) is 6.79. The molecule has 0 aliphatic heterocycles. The fourth-order valence-electron chi connectivity index (χ4n) is 3.70. The summed E-state index contributed by atoms with van der Waals surface area (Å²) in [7, 11) is 0. The molecule has 0 saturated heterocycles. The van der Waals surface area contributed by atoms with Crippen molar-refractivity contribution in [2.24, 2.45) is 23.7 Å². The van der Waals surface area contributed by atoms with Gasteiger partial charge in [0.15, 0.2) is 6.11 Å². The summed E-state index contributed by atoms with van der Waals surface area (Å²) in [5, 5.41) is 0. The SMILES string of the molecule is C#COOC1C(C)CCC2C=C(C)CC(C)C21. The first-order chi connectivity index (χ1) is 8.13. The molecule has 94 valence electrons. The van der Waals surface area contributed by atoms with Gasteiger partial charge in [-0.2, -0.15) is 4.89 Å². The zero-order chi connectivity index (χ0) is 12.4. The predicted octanol–water partition coefficient (Wildman–Crippen LogP) is 3.54. The Hall–Kier alpha value is -0.940. The van der Waals surface area contributed by atoms with Crippen molar-refractivity contribution in [3.63, 3.8) is 0 Å². The molecule has 0 heterocycles. The second kappa shape index (κ2) is 5.14. The smallest absolute Gasteiger partial charge is 0.153 e. The molecule has 0 radical (unpaired) electrons. The predicted molar refractivity (Wildman–Crippen MR) is 67.7 cm³/mol. The van der Waals surface area contributed by atoms with Gasteiger partial charge in [0.2, 0.25) is 0 Å².